The van der Waals surface area contributed by atoms with Crippen molar-refractivity contribution in [2.24, 2.45) is 0 Å². The number of aromatic nitrogens is 1. The molecule has 0 saturated carbocycles. The third-order valence-electron chi connectivity index (χ3n) is 4.77. The number of carbonyl (C=O) groups excluding carboxylic acids is 1. The molecule has 2 heterocycles. The zero-order valence-electron chi connectivity index (χ0n) is 13.6. The maximum atomic E-state index is 12.1. The summed E-state index contributed by atoms with van der Waals surface area (Å²) >= 11 is 0. The Morgan fingerprint density at radius 3 is 3.00 bits per heavy atom. The Morgan fingerprint density at radius 1 is 1.45 bits per heavy atom. The Balaban J connectivity index is 1.92. The number of aromatic amines is 1. The van der Waals surface area contributed by atoms with Gasteiger partial charge in [0.25, 0.3) is 0 Å². The molecule has 1 aromatic carbocycles. The van der Waals surface area contributed by atoms with Crippen LogP contribution in [0.1, 0.15) is 37.4 Å². The number of ether oxygens (including phenoxy) is 1. The summed E-state index contributed by atoms with van der Waals surface area (Å²) in [6.07, 6.45) is 3.73. The number of nitrogens with one attached hydrogen (secondary N) is 1. The van der Waals surface area contributed by atoms with Crippen LogP contribution in [-0.2, 0) is 11.2 Å². The number of hydrogen-bond acceptors (Lipinski definition) is 2. The lowest BCUT2D eigenvalue weighted by atomic mass is 10.0. The molecule has 22 heavy (non-hydrogen) atoms. The van der Waals surface area contributed by atoms with Gasteiger partial charge in [-0.25, -0.2) is 0 Å². The first-order chi connectivity index (χ1) is 10.6. The second kappa shape index (κ2) is 6.03. The van der Waals surface area contributed by atoms with E-state index in [2.05, 4.69) is 28.9 Å². The van der Waals surface area contributed by atoms with Crippen LogP contribution in [0.15, 0.2) is 18.2 Å². The van der Waals surface area contributed by atoms with Crippen LogP contribution in [0.4, 0.5) is 0 Å². The number of likely N-dealkylation sites (tertiary alicyclic amines) is 1. The molecule has 1 N–H and O–H groups in total. The summed E-state index contributed by atoms with van der Waals surface area (Å²) in [5.74, 6) is 1.15. The molecule has 0 radical (unpaired) electrons. The summed E-state index contributed by atoms with van der Waals surface area (Å²) in [5.41, 5.74) is 3.65. The van der Waals surface area contributed by atoms with Gasteiger partial charge in [0.05, 0.1) is 7.11 Å². The molecule has 0 aliphatic carbocycles. The first-order valence-corrected chi connectivity index (χ1v) is 8.08. The molecule has 118 valence electrons. The van der Waals surface area contributed by atoms with Crippen LogP contribution < -0.4 is 4.74 Å². The van der Waals surface area contributed by atoms with Crippen molar-refractivity contribution >= 4 is 16.8 Å². The van der Waals surface area contributed by atoms with Gasteiger partial charge in [-0.05, 0) is 49.9 Å². The number of aryl methyl sites for hydroxylation is 1. The normalized spacial score (nSPS) is 18.1. The number of methoxy groups -OCH3 is 1. The number of benzene rings is 1. The van der Waals surface area contributed by atoms with Gasteiger partial charge in [0, 0.05) is 35.6 Å². The van der Waals surface area contributed by atoms with Crippen molar-refractivity contribution in [2.75, 3.05) is 13.7 Å². The molecule has 0 bridgehead atoms. The Labute approximate surface area is 131 Å². The summed E-state index contributed by atoms with van der Waals surface area (Å²) in [4.78, 5) is 17.6. The molecule has 1 amide bonds. The SMILES string of the molecule is CCC(=O)N1CCCC1Cc1c(C)[nH]c2ccc(OC)cc12. The van der Waals surface area contributed by atoms with Crippen LogP contribution in [0.5, 0.6) is 5.75 Å². The predicted octanol–water partition coefficient (Wildman–Crippen LogP) is 3.43. The van der Waals surface area contributed by atoms with E-state index in [1.54, 1.807) is 7.11 Å². The fourth-order valence-corrected chi connectivity index (χ4v) is 3.57. The number of H-pyrrole nitrogens is 1. The van der Waals surface area contributed by atoms with Crippen LogP contribution in [0, 0.1) is 6.92 Å². The van der Waals surface area contributed by atoms with E-state index in [1.807, 2.05) is 13.0 Å². The van der Waals surface area contributed by atoms with Gasteiger partial charge in [-0.3, -0.25) is 4.79 Å². The van der Waals surface area contributed by atoms with E-state index in [-0.39, 0.29) is 5.91 Å². The maximum absolute atomic E-state index is 12.1. The molecule has 4 nitrogen and oxygen atoms in total. The molecule has 1 fully saturated rings. The molecular formula is C18H24N2O2. The molecular weight excluding hydrogens is 276 g/mol. The van der Waals surface area contributed by atoms with Gasteiger partial charge in [-0.1, -0.05) is 6.92 Å². The highest BCUT2D eigenvalue weighted by Gasteiger charge is 2.29. The minimum atomic E-state index is 0.276. The fourth-order valence-electron chi connectivity index (χ4n) is 3.57. The van der Waals surface area contributed by atoms with E-state index in [1.165, 1.54) is 16.6 Å². The molecule has 4 heteroatoms. The number of carbonyl (C=O) groups is 1. The maximum Gasteiger partial charge on any atom is 0.222 e. The van der Waals surface area contributed by atoms with Crippen LogP contribution in [0.2, 0.25) is 0 Å². The molecule has 1 unspecified atom stereocenters. The minimum absolute atomic E-state index is 0.276. The largest absolute Gasteiger partial charge is 0.497 e. The van der Waals surface area contributed by atoms with Crippen molar-refractivity contribution in [3.8, 4) is 5.75 Å². The standard InChI is InChI=1S/C18H24N2O2/c1-4-18(21)20-9-5-6-13(20)10-15-12(2)19-17-8-7-14(22-3)11-16(15)17/h7-8,11,13,19H,4-6,9-10H2,1-3H3. The van der Waals surface area contributed by atoms with Crippen LogP contribution >= 0.6 is 0 Å². The Morgan fingerprint density at radius 2 is 2.27 bits per heavy atom. The molecule has 1 aliphatic heterocycles. The summed E-state index contributed by atoms with van der Waals surface area (Å²) < 4.78 is 5.35. The van der Waals surface area contributed by atoms with Crippen LogP contribution in [0.3, 0.4) is 0 Å². The van der Waals surface area contributed by atoms with Crippen molar-refractivity contribution in [1.82, 2.24) is 9.88 Å². The Kier molecular flexibility index (Phi) is 4.10. The van der Waals surface area contributed by atoms with Crippen molar-refractivity contribution in [3.05, 3.63) is 29.5 Å². The van der Waals surface area contributed by atoms with Gasteiger partial charge in [0.2, 0.25) is 5.91 Å². The molecule has 1 saturated heterocycles. The smallest absolute Gasteiger partial charge is 0.222 e. The second-order valence-corrected chi connectivity index (χ2v) is 6.08. The third kappa shape index (κ3) is 2.58. The van der Waals surface area contributed by atoms with Gasteiger partial charge >= 0.3 is 0 Å². The van der Waals surface area contributed by atoms with Gasteiger partial charge in [-0.2, -0.15) is 0 Å². The van der Waals surface area contributed by atoms with E-state index in [0.717, 1.165) is 37.1 Å². The number of rotatable bonds is 4. The fraction of sp³-hybridized carbons (Fsp3) is 0.500. The van der Waals surface area contributed by atoms with Crippen molar-refractivity contribution in [3.63, 3.8) is 0 Å². The average Bonchev–Trinajstić information content (AvgIpc) is 3.11. The second-order valence-electron chi connectivity index (χ2n) is 6.08. The summed E-state index contributed by atoms with van der Waals surface area (Å²) in [5, 5.41) is 1.22. The van der Waals surface area contributed by atoms with Crippen LogP contribution in [0.25, 0.3) is 10.9 Å². The van der Waals surface area contributed by atoms with E-state index >= 15 is 0 Å². The molecule has 3 rings (SSSR count). The zero-order chi connectivity index (χ0) is 15.7. The number of nitrogens with zero attached hydrogens (tertiary/aromatic N) is 1. The quantitative estimate of drug-likeness (QED) is 0.940. The van der Waals surface area contributed by atoms with E-state index in [4.69, 9.17) is 4.74 Å². The van der Waals surface area contributed by atoms with Crippen molar-refractivity contribution in [1.29, 1.82) is 0 Å². The third-order valence-corrected chi connectivity index (χ3v) is 4.77. The van der Waals surface area contributed by atoms with E-state index in [0.29, 0.717) is 12.5 Å². The minimum Gasteiger partial charge on any atom is -0.497 e. The molecule has 1 aromatic heterocycles. The van der Waals surface area contributed by atoms with Crippen LogP contribution in [-0.4, -0.2) is 35.5 Å². The monoisotopic (exact) mass is 300 g/mol. The van der Waals surface area contributed by atoms with E-state index < -0.39 is 0 Å². The Bertz CT molecular complexity index is 690. The van der Waals surface area contributed by atoms with E-state index in [9.17, 15) is 4.79 Å². The summed E-state index contributed by atoms with van der Waals surface area (Å²) in [6.45, 7) is 4.96. The summed E-state index contributed by atoms with van der Waals surface area (Å²) in [6, 6.07) is 6.46. The van der Waals surface area contributed by atoms with Crippen molar-refractivity contribution in [2.45, 2.75) is 45.6 Å². The van der Waals surface area contributed by atoms with Gasteiger partial charge in [0.1, 0.15) is 5.75 Å². The topological polar surface area (TPSA) is 45.3 Å². The van der Waals surface area contributed by atoms with Gasteiger partial charge in [-0.15, -0.1) is 0 Å². The molecule has 1 atom stereocenters. The Hall–Kier alpha value is -1.97. The molecule has 2 aromatic rings. The predicted molar refractivity (Wildman–Crippen MR) is 88.3 cm³/mol. The van der Waals surface area contributed by atoms with Gasteiger partial charge < -0.3 is 14.6 Å². The number of amides is 1. The average molecular weight is 300 g/mol. The zero-order valence-corrected chi connectivity index (χ0v) is 13.6. The first kappa shape index (κ1) is 14.9. The van der Waals surface area contributed by atoms with Gasteiger partial charge in [0.15, 0.2) is 0 Å². The summed E-state index contributed by atoms with van der Waals surface area (Å²) in [7, 11) is 1.69. The number of hydrogen-bond donors (Lipinski definition) is 1. The first-order valence-electron chi connectivity index (χ1n) is 8.08. The lowest BCUT2D eigenvalue weighted by molar-refractivity contribution is -0.131. The highest BCUT2D eigenvalue weighted by molar-refractivity contribution is 5.86. The van der Waals surface area contributed by atoms with Crippen molar-refractivity contribution < 1.29 is 9.53 Å². The lowest BCUT2D eigenvalue weighted by Gasteiger charge is -2.24. The number of fused-ring (bicyclic) bond motifs is 1. The lowest BCUT2D eigenvalue weighted by Crippen LogP contribution is -2.36. The molecule has 1 aliphatic rings. The molecule has 0 spiro atoms. The highest BCUT2D eigenvalue weighted by Crippen LogP contribution is 2.30. The highest BCUT2D eigenvalue weighted by atomic mass is 16.5.